The lowest BCUT2D eigenvalue weighted by Gasteiger charge is -2.18. The first-order valence-electron chi connectivity index (χ1n) is 12.4. The van der Waals surface area contributed by atoms with Crippen LogP contribution in [-0.2, 0) is 25.5 Å². The van der Waals surface area contributed by atoms with Gasteiger partial charge >= 0.3 is 11.9 Å². The Morgan fingerprint density at radius 3 is 2.00 bits per heavy atom. The highest BCUT2D eigenvalue weighted by Gasteiger charge is 2.19. The molecule has 6 nitrogen and oxygen atoms in total. The van der Waals surface area contributed by atoms with Gasteiger partial charge in [-0.2, -0.15) is 0 Å². The number of aliphatic hydroxyl groups excluding tert-OH is 1. The van der Waals surface area contributed by atoms with Crippen LogP contribution in [0.15, 0.2) is 72.8 Å². The Morgan fingerprint density at radius 1 is 0.917 bits per heavy atom. The number of aryl methyl sites for hydroxylation is 1. The summed E-state index contributed by atoms with van der Waals surface area (Å²) in [4.78, 5) is 23.9. The average molecular weight is 495 g/mol. The van der Waals surface area contributed by atoms with Crippen molar-refractivity contribution in [1.82, 2.24) is 0 Å². The maximum Gasteiger partial charge on any atom is 0.336 e. The smallest absolute Gasteiger partial charge is 0.336 e. The van der Waals surface area contributed by atoms with Gasteiger partial charge in [0.2, 0.25) is 0 Å². The molecule has 36 heavy (non-hydrogen) atoms. The van der Waals surface area contributed by atoms with Crippen molar-refractivity contribution in [3.63, 3.8) is 0 Å². The quantitative estimate of drug-likeness (QED) is 0.195. The first-order valence-corrected chi connectivity index (χ1v) is 12.4. The van der Waals surface area contributed by atoms with Gasteiger partial charge in [-0.15, -0.1) is 0 Å². The Kier molecular flexibility index (Phi) is 11.9. The van der Waals surface area contributed by atoms with Crippen molar-refractivity contribution in [2.75, 3.05) is 19.8 Å². The number of aliphatic hydroxyl groups is 1. The van der Waals surface area contributed by atoms with Gasteiger partial charge in [0.1, 0.15) is 5.75 Å². The SMILES string of the molecule is C=C(C)C(=O)OCC(CCc1ccc(-c2ccc(OCCCC)cc2)cc1)COC(=O)C(=C)C(C)O. The van der Waals surface area contributed by atoms with Crippen LogP contribution >= 0.6 is 0 Å². The second-order valence-corrected chi connectivity index (χ2v) is 9.01. The molecule has 194 valence electrons. The Labute approximate surface area is 214 Å². The molecule has 0 amide bonds. The number of carbonyl (C=O) groups is 2. The van der Waals surface area contributed by atoms with Crippen molar-refractivity contribution in [3.8, 4) is 16.9 Å². The van der Waals surface area contributed by atoms with E-state index in [4.69, 9.17) is 14.2 Å². The van der Waals surface area contributed by atoms with E-state index in [0.29, 0.717) is 18.4 Å². The van der Waals surface area contributed by atoms with Crippen LogP contribution in [0.4, 0.5) is 0 Å². The van der Waals surface area contributed by atoms with Gasteiger partial charge in [-0.05, 0) is 61.9 Å². The normalized spacial score (nSPS) is 12.3. The number of unbranched alkanes of at least 4 members (excludes halogenated alkanes) is 1. The number of rotatable bonds is 15. The van der Waals surface area contributed by atoms with Crippen molar-refractivity contribution >= 4 is 11.9 Å². The molecular formula is C30H38O6. The molecule has 6 heteroatoms. The third-order valence-corrected chi connectivity index (χ3v) is 5.76. The van der Waals surface area contributed by atoms with Gasteiger partial charge in [-0.25, -0.2) is 9.59 Å². The minimum absolute atomic E-state index is 0.0103. The molecule has 2 rings (SSSR count). The van der Waals surface area contributed by atoms with E-state index in [1.54, 1.807) is 6.92 Å². The van der Waals surface area contributed by atoms with E-state index in [9.17, 15) is 14.7 Å². The lowest BCUT2D eigenvalue weighted by atomic mass is 9.98. The average Bonchev–Trinajstić information content (AvgIpc) is 2.88. The van der Waals surface area contributed by atoms with Crippen LogP contribution in [0, 0.1) is 5.92 Å². The molecule has 0 heterocycles. The molecule has 0 fully saturated rings. The standard InChI is InChI=1S/C30H38O6/c1-6-7-18-34-28-16-14-27(15-17-28)26-12-10-24(11-13-26)8-9-25(19-35-29(32)21(2)3)20-36-30(33)22(4)23(5)31/h10-17,23,25,31H,2,4,6-9,18-20H2,1,3,5H3. The first-order chi connectivity index (χ1) is 17.2. The highest BCUT2D eigenvalue weighted by molar-refractivity contribution is 5.88. The Balaban J connectivity index is 1.96. The summed E-state index contributed by atoms with van der Waals surface area (Å²) < 4.78 is 16.3. The molecule has 0 saturated heterocycles. The Hall–Kier alpha value is -3.38. The van der Waals surface area contributed by atoms with E-state index in [-0.39, 0.29) is 24.7 Å². The fourth-order valence-electron chi connectivity index (χ4n) is 3.30. The van der Waals surface area contributed by atoms with Crippen molar-refractivity contribution in [3.05, 3.63) is 78.4 Å². The highest BCUT2D eigenvalue weighted by atomic mass is 16.5. The molecule has 2 aromatic carbocycles. The van der Waals surface area contributed by atoms with Crippen LogP contribution in [0.25, 0.3) is 11.1 Å². The summed E-state index contributed by atoms with van der Waals surface area (Å²) in [5.74, 6) is -0.475. The molecule has 0 aliphatic carbocycles. The van der Waals surface area contributed by atoms with Gasteiger partial charge in [-0.1, -0.05) is 62.9 Å². The summed E-state index contributed by atoms with van der Waals surface area (Å²) in [5, 5.41) is 9.52. The summed E-state index contributed by atoms with van der Waals surface area (Å²) in [5.41, 5.74) is 3.64. The maximum absolute atomic E-state index is 12.1. The van der Waals surface area contributed by atoms with Gasteiger partial charge in [0.25, 0.3) is 0 Å². The lowest BCUT2D eigenvalue weighted by Crippen LogP contribution is -2.24. The van der Waals surface area contributed by atoms with E-state index >= 15 is 0 Å². The zero-order valence-electron chi connectivity index (χ0n) is 21.6. The van der Waals surface area contributed by atoms with Crippen LogP contribution in [0.1, 0.15) is 45.6 Å². The topological polar surface area (TPSA) is 82.1 Å². The summed E-state index contributed by atoms with van der Waals surface area (Å²) >= 11 is 0. The summed E-state index contributed by atoms with van der Waals surface area (Å²) in [6.45, 7) is 13.2. The molecule has 0 bridgehead atoms. The van der Waals surface area contributed by atoms with Crippen molar-refractivity contribution in [2.45, 2.75) is 52.6 Å². The van der Waals surface area contributed by atoms with E-state index in [1.807, 2.05) is 12.1 Å². The van der Waals surface area contributed by atoms with Crippen LogP contribution in [0.5, 0.6) is 5.75 Å². The zero-order valence-corrected chi connectivity index (χ0v) is 21.6. The number of carbonyl (C=O) groups excluding carboxylic acids is 2. The number of hydrogen-bond acceptors (Lipinski definition) is 6. The second kappa shape index (κ2) is 14.9. The monoisotopic (exact) mass is 494 g/mol. The fourth-order valence-corrected chi connectivity index (χ4v) is 3.30. The lowest BCUT2D eigenvalue weighted by molar-refractivity contribution is -0.144. The van der Waals surface area contributed by atoms with Gasteiger partial charge in [-0.3, -0.25) is 0 Å². The van der Waals surface area contributed by atoms with E-state index in [1.165, 1.54) is 6.92 Å². The molecule has 2 aromatic rings. The molecule has 1 N–H and O–H groups in total. The molecule has 0 spiro atoms. The van der Waals surface area contributed by atoms with Crippen LogP contribution < -0.4 is 4.74 Å². The van der Waals surface area contributed by atoms with E-state index in [2.05, 4.69) is 56.5 Å². The van der Waals surface area contributed by atoms with Gasteiger partial charge < -0.3 is 19.3 Å². The number of ether oxygens (including phenoxy) is 3. The fraction of sp³-hybridized carbons (Fsp3) is 0.400. The predicted octanol–water partition coefficient (Wildman–Crippen LogP) is 5.68. The van der Waals surface area contributed by atoms with Crippen molar-refractivity contribution in [2.24, 2.45) is 5.92 Å². The summed E-state index contributed by atoms with van der Waals surface area (Å²) in [6, 6.07) is 16.4. The van der Waals surface area contributed by atoms with Gasteiger partial charge in [0, 0.05) is 11.5 Å². The Bertz CT molecular complexity index is 1000. The molecule has 0 radical (unpaired) electrons. The molecule has 0 aliphatic heterocycles. The third-order valence-electron chi connectivity index (χ3n) is 5.76. The molecule has 0 saturated carbocycles. The number of hydrogen-bond donors (Lipinski definition) is 1. The second-order valence-electron chi connectivity index (χ2n) is 9.01. The summed E-state index contributed by atoms with van der Waals surface area (Å²) in [7, 11) is 0. The van der Waals surface area contributed by atoms with Crippen molar-refractivity contribution < 1.29 is 28.9 Å². The molecule has 2 atom stereocenters. The van der Waals surface area contributed by atoms with Gasteiger partial charge in [0.15, 0.2) is 0 Å². The largest absolute Gasteiger partial charge is 0.494 e. The number of esters is 2. The maximum atomic E-state index is 12.1. The van der Waals surface area contributed by atoms with E-state index < -0.39 is 18.0 Å². The summed E-state index contributed by atoms with van der Waals surface area (Å²) in [6.07, 6.45) is 2.52. The predicted molar refractivity (Wildman–Crippen MR) is 142 cm³/mol. The highest BCUT2D eigenvalue weighted by Crippen LogP contribution is 2.24. The third kappa shape index (κ3) is 9.70. The van der Waals surface area contributed by atoms with E-state index in [0.717, 1.165) is 41.9 Å². The van der Waals surface area contributed by atoms with Gasteiger partial charge in [0.05, 0.1) is 31.5 Å². The molecule has 0 aromatic heterocycles. The van der Waals surface area contributed by atoms with Crippen LogP contribution in [0.2, 0.25) is 0 Å². The van der Waals surface area contributed by atoms with Crippen LogP contribution in [-0.4, -0.2) is 43.0 Å². The molecule has 2 unspecified atom stereocenters. The first kappa shape index (κ1) is 28.9. The zero-order chi connectivity index (χ0) is 26.5. The van der Waals surface area contributed by atoms with Crippen molar-refractivity contribution in [1.29, 1.82) is 0 Å². The minimum atomic E-state index is -0.986. The molecule has 0 aliphatic rings. The number of benzene rings is 2. The molecular weight excluding hydrogens is 456 g/mol. The minimum Gasteiger partial charge on any atom is -0.494 e. The van der Waals surface area contributed by atoms with Crippen LogP contribution in [0.3, 0.4) is 0 Å². The Morgan fingerprint density at radius 2 is 1.47 bits per heavy atom.